The number of carbonyl (C=O) groups excluding carboxylic acids is 2. The molecule has 1 fully saturated rings. The zero-order valence-corrected chi connectivity index (χ0v) is 16.5. The van der Waals surface area contributed by atoms with Crippen LogP contribution < -0.4 is 5.32 Å². The van der Waals surface area contributed by atoms with Crippen LogP contribution in [-0.4, -0.2) is 18.0 Å². The summed E-state index contributed by atoms with van der Waals surface area (Å²) in [5.74, 6) is -1.33. The Bertz CT molecular complexity index is 867. The second-order valence-electron chi connectivity index (χ2n) is 7.57. The molecule has 0 aliphatic heterocycles. The molecule has 0 heterocycles. The smallest absolute Gasteiger partial charge is 0.317 e. The molecular weight excluding hydrogens is 357 g/mol. The third-order valence-corrected chi connectivity index (χ3v) is 5.62. The molecule has 1 aliphatic carbocycles. The van der Waals surface area contributed by atoms with E-state index in [9.17, 15) is 14.0 Å². The molecule has 0 saturated heterocycles. The van der Waals surface area contributed by atoms with E-state index >= 15 is 0 Å². The molecular formula is C23H26FNO3. The second-order valence-corrected chi connectivity index (χ2v) is 7.57. The molecule has 1 saturated carbocycles. The van der Waals surface area contributed by atoms with Gasteiger partial charge in [-0.15, -0.1) is 0 Å². The van der Waals surface area contributed by atoms with Crippen LogP contribution in [0, 0.1) is 19.7 Å². The number of amides is 1. The van der Waals surface area contributed by atoms with Gasteiger partial charge in [0.15, 0.2) is 6.10 Å². The summed E-state index contributed by atoms with van der Waals surface area (Å²) in [7, 11) is 0. The van der Waals surface area contributed by atoms with E-state index in [-0.39, 0.29) is 0 Å². The van der Waals surface area contributed by atoms with Crippen molar-refractivity contribution in [2.24, 2.45) is 0 Å². The number of nitrogens with one attached hydrogen (secondary N) is 1. The topological polar surface area (TPSA) is 55.4 Å². The first-order valence-electron chi connectivity index (χ1n) is 9.68. The minimum Gasteiger partial charge on any atom is -0.452 e. The summed E-state index contributed by atoms with van der Waals surface area (Å²) >= 11 is 0. The molecule has 148 valence electrons. The molecule has 2 aromatic rings. The molecule has 1 amide bonds. The highest BCUT2D eigenvalue weighted by molar-refractivity contribution is 5.97. The van der Waals surface area contributed by atoms with E-state index in [0.717, 1.165) is 29.7 Å². The minimum absolute atomic E-state index is 0.361. The summed E-state index contributed by atoms with van der Waals surface area (Å²) in [6.45, 7) is 5.36. The van der Waals surface area contributed by atoms with Gasteiger partial charge < -0.3 is 10.1 Å². The lowest BCUT2D eigenvalue weighted by Crippen LogP contribution is -2.40. The maximum Gasteiger partial charge on any atom is 0.317 e. The Balaban J connectivity index is 1.77. The molecule has 0 aromatic heterocycles. The second kappa shape index (κ2) is 8.13. The van der Waals surface area contributed by atoms with E-state index in [2.05, 4.69) is 5.32 Å². The van der Waals surface area contributed by atoms with Crippen molar-refractivity contribution in [3.05, 3.63) is 65.0 Å². The van der Waals surface area contributed by atoms with Crippen LogP contribution in [0.25, 0.3) is 0 Å². The molecule has 1 atom stereocenters. The van der Waals surface area contributed by atoms with Crippen molar-refractivity contribution < 1.29 is 18.7 Å². The summed E-state index contributed by atoms with van der Waals surface area (Å²) in [5, 5.41) is 2.85. The highest BCUT2D eigenvalue weighted by Gasteiger charge is 2.46. The van der Waals surface area contributed by atoms with Crippen molar-refractivity contribution in [1.82, 2.24) is 0 Å². The Morgan fingerprint density at radius 2 is 1.64 bits per heavy atom. The van der Waals surface area contributed by atoms with Crippen LogP contribution in [0.15, 0.2) is 42.5 Å². The average Bonchev–Trinajstić information content (AvgIpc) is 3.16. The minimum atomic E-state index is -1.02. The first-order chi connectivity index (χ1) is 13.3. The van der Waals surface area contributed by atoms with Gasteiger partial charge >= 0.3 is 5.97 Å². The van der Waals surface area contributed by atoms with E-state index in [0.29, 0.717) is 18.4 Å². The quantitative estimate of drug-likeness (QED) is 0.753. The Kier molecular flexibility index (Phi) is 5.82. The maximum atomic E-state index is 14.4. The molecule has 2 aromatic carbocycles. The van der Waals surface area contributed by atoms with Gasteiger partial charge in [0.1, 0.15) is 5.82 Å². The van der Waals surface area contributed by atoms with Crippen LogP contribution in [0.2, 0.25) is 0 Å². The van der Waals surface area contributed by atoms with Gasteiger partial charge in [0, 0.05) is 11.3 Å². The lowest BCUT2D eigenvalue weighted by atomic mass is 9.78. The fraction of sp³-hybridized carbons (Fsp3) is 0.391. The van der Waals surface area contributed by atoms with Gasteiger partial charge in [0.2, 0.25) is 0 Å². The standard InChI is InChI=1S/C23H26FNO3/c1-15-9-8-10-16(2)20(15)25-21(26)17(3)28-22(27)23(13-6-7-14-23)18-11-4-5-12-19(18)24/h4-5,8-12,17H,6-7,13-14H2,1-3H3,(H,25,26)/t17-/m1/s1. The number of halogens is 1. The lowest BCUT2D eigenvalue weighted by Gasteiger charge is -2.29. The summed E-state index contributed by atoms with van der Waals surface area (Å²) in [4.78, 5) is 25.7. The van der Waals surface area contributed by atoms with Crippen molar-refractivity contribution in [2.45, 2.75) is 58.0 Å². The van der Waals surface area contributed by atoms with Crippen molar-refractivity contribution in [1.29, 1.82) is 0 Å². The fourth-order valence-corrected chi connectivity index (χ4v) is 3.97. The number of rotatable bonds is 5. The third-order valence-electron chi connectivity index (χ3n) is 5.62. The van der Waals surface area contributed by atoms with Crippen molar-refractivity contribution in [3.8, 4) is 0 Å². The Morgan fingerprint density at radius 3 is 2.25 bits per heavy atom. The van der Waals surface area contributed by atoms with Gasteiger partial charge in [-0.2, -0.15) is 0 Å². The third kappa shape index (κ3) is 3.79. The summed E-state index contributed by atoms with van der Waals surface area (Å²) in [6, 6.07) is 12.1. The molecule has 0 bridgehead atoms. The number of esters is 1. The number of carbonyl (C=O) groups is 2. The average molecular weight is 383 g/mol. The van der Waals surface area contributed by atoms with Crippen LogP contribution in [0.1, 0.15) is 49.3 Å². The van der Waals surface area contributed by atoms with Crippen LogP contribution >= 0.6 is 0 Å². The van der Waals surface area contributed by atoms with Crippen molar-refractivity contribution in [2.75, 3.05) is 5.32 Å². The van der Waals surface area contributed by atoms with Gasteiger partial charge in [-0.25, -0.2) is 4.39 Å². The zero-order chi connectivity index (χ0) is 20.3. The molecule has 5 heteroatoms. The van der Waals surface area contributed by atoms with E-state index in [1.54, 1.807) is 25.1 Å². The first-order valence-corrected chi connectivity index (χ1v) is 9.68. The molecule has 28 heavy (non-hydrogen) atoms. The Labute approximate surface area is 165 Å². The predicted molar refractivity (Wildman–Crippen MR) is 107 cm³/mol. The van der Waals surface area contributed by atoms with Gasteiger partial charge in [-0.3, -0.25) is 9.59 Å². The number of hydrogen-bond acceptors (Lipinski definition) is 3. The molecule has 0 spiro atoms. The molecule has 1 N–H and O–H groups in total. The molecule has 4 nitrogen and oxygen atoms in total. The van der Waals surface area contributed by atoms with E-state index in [1.165, 1.54) is 6.07 Å². The largest absolute Gasteiger partial charge is 0.452 e. The van der Waals surface area contributed by atoms with Crippen LogP contribution in [0.5, 0.6) is 0 Å². The van der Waals surface area contributed by atoms with Crippen LogP contribution in [0.4, 0.5) is 10.1 Å². The monoisotopic (exact) mass is 383 g/mol. The van der Waals surface area contributed by atoms with Gasteiger partial charge in [0.25, 0.3) is 5.91 Å². The Hall–Kier alpha value is -2.69. The summed E-state index contributed by atoms with van der Waals surface area (Å²) in [6.07, 6.45) is 1.73. The molecule has 3 rings (SSSR count). The predicted octanol–water partition coefficient (Wildman–Crippen LogP) is 4.82. The molecule has 0 unspecified atom stereocenters. The highest BCUT2D eigenvalue weighted by Crippen LogP contribution is 2.43. The number of aryl methyl sites for hydroxylation is 2. The number of hydrogen-bond donors (Lipinski definition) is 1. The fourth-order valence-electron chi connectivity index (χ4n) is 3.97. The normalized spacial score (nSPS) is 16.4. The maximum absolute atomic E-state index is 14.4. The zero-order valence-electron chi connectivity index (χ0n) is 16.5. The summed E-state index contributed by atoms with van der Waals surface area (Å²) < 4.78 is 20.0. The highest BCUT2D eigenvalue weighted by atomic mass is 19.1. The number of benzene rings is 2. The van der Waals surface area contributed by atoms with Gasteiger partial charge in [-0.1, -0.05) is 49.2 Å². The first kappa shape index (κ1) is 20.1. The van der Waals surface area contributed by atoms with Crippen LogP contribution in [0.3, 0.4) is 0 Å². The van der Waals surface area contributed by atoms with Crippen LogP contribution in [-0.2, 0) is 19.7 Å². The number of para-hydroxylation sites is 1. The van der Waals surface area contributed by atoms with Gasteiger partial charge in [0.05, 0.1) is 5.41 Å². The number of anilines is 1. The Morgan fingerprint density at radius 1 is 1.04 bits per heavy atom. The van der Waals surface area contributed by atoms with Crippen molar-refractivity contribution in [3.63, 3.8) is 0 Å². The van der Waals surface area contributed by atoms with Gasteiger partial charge in [-0.05, 0) is 50.8 Å². The number of ether oxygens (including phenoxy) is 1. The summed E-state index contributed by atoms with van der Waals surface area (Å²) in [5.41, 5.74) is 1.94. The lowest BCUT2D eigenvalue weighted by molar-refractivity contribution is -0.159. The molecule has 1 aliphatic rings. The van der Waals surface area contributed by atoms with E-state index in [1.807, 2.05) is 32.0 Å². The van der Waals surface area contributed by atoms with E-state index in [4.69, 9.17) is 4.74 Å². The SMILES string of the molecule is Cc1cccc(C)c1NC(=O)[C@@H](C)OC(=O)C1(c2ccccc2F)CCCC1. The molecule has 0 radical (unpaired) electrons. The van der Waals surface area contributed by atoms with E-state index < -0.39 is 29.2 Å². The van der Waals surface area contributed by atoms with Crippen molar-refractivity contribution >= 4 is 17.6 Å².